The summed E-state index contributed by atoms with van der Waals surface area (Å²) in [7, 11) is 0. The molecule has 1 amide bonds. The summed E-state index contributed by atoms with van der Waals surface area (Å²) in [5.74, 6) is -0.408. The standard InChI is InChI=1S/C30H29FN6O2S/c1-20-16-25(33-37(20)26-11-7-6-10-24(26)31)28-21(2)32-30-36(29(28)39)23(19-40-30)17-27(38)35-14-12-34(13-15-35)18-22-8-4-3-5-9-22/h3-11,16,19H,12-15,17-18H2,1-2H3. The Balaban J connectivity index is 1.23. The van der Waals surface area contributed by atoms with E-state index in [1.807, 2.05) is 35.4 Å². The fourth-order valence-electron chi connectivity index (χ4n) is 5.25. The Morgan fingerprint density at radius 2 is 1.73 bits per heavy atom. The van der Waals surface area contributed by atoms with Crippen LogP contribution in [0.3, 0.4) is 0 Å². The first kappa shape index (κ1) is 26.1. The maximum absolute atomic E-state index is 14.5. The third-order valence-electron chi connectivity index (χ3n) is 7.35. The Hall–Kier alpha value is -4.15. The summed E-state index contributed by atoms with van der Waals surface area (Å²) >= 11 is 1.34. The number of fused-ring (bicyclic) bond motifs is 1. The van der Waals surface area contributed by atoms with Crippen LogP contribution < -0.4 is 5.56 Å². The van der Waals surface area contributed by atoms with Crippen LogP contribution in [-0.4, -0.2) is 61.1 Å². The summed E-state index contributed by atoms with van der Waals surface area (Å²) in [6, 6.07) is 18.5. The molecule has 0 bridgehead atoms. The molecule has 0 spiro atoms. The Morgan fingerprint density at radius 1 is 1.00 bits per heavy atom. The van der Waals surface area contributed by atoms with Crippen LogP contribution in [0, 0.1) is 19.7 Å². The zero-order valence-electron chi connectivity index (χ0n) is 22.4. The van der Waals surface area contributed by atoms with Gasteiger partial charge in [0.05, 0.1) is 17.7 Å². The van der Waals surface area contributed by atoms with Crippen LogP contribution in [0.4, 0.5) is 4.39 Å². The molecule has 40 heavy (non-hydrogen) atoms. The molecule has 1 aliphatic heterocycles. The first-order chi connectivity index (χ1) is 19.4. The second-order valence-electron chi connectivity index (χ2n) is 10.1. The molecule has 4 heterocycles. The number of aryl methyl sites for hydroxylation is 2. The minimum Gasteiger partial charge on any atom is -0.340 e. The van der Waals surface area contributed by atoms with Gasteiger partial charge in [0.15, 0.2) is 4.96 Å². The van der Waals surface area contributed by atoms with Crippen molar-refractivity contribution in [3.05, 3.63) is 105 Å². The SMILES string of the molecule is Cc1nc2scc(CC(=O)N3CCN(Cc4ccccc4)CC3)n2c(=O)c1-c1cc(C)n(-c2ccccc2F)n1. The molecule has 6 rings (SSSR count). The van der Waals surface area contributed by atoms with Crippen molar-refractivity contribution >= 4 is 22.2 Å². The van der Waals surface area contributed by atoms with Gasteiger partial charge in [-0.15, -0.1) is 11.3 Å². The normalized spacial score (nSPS) is 14.2. The summed E-state index contributed by atoms with van der Waals surface area (Å²) in [6.45, 7) is 7.37. The first-order valence-corrected chi connectivity index (χ1v) is 14.1. The van der Waals surface area contributed by atoms with E-state index in [4.69, 9.17) is 0 Å². The highest BCUT2D eigenvalue weighted by Crippen LogP contribution is 2.24. The number of carbonyl (C=O) groups excluding carboxylic acids is 1. The van der Waals surface area contributed by atoms with Gasteiger partial charge >= 0.3 is 0 Å². The third kappa shape index (κ3) is 4.96. The average Bonchev–Trinajstić information content (AvgIpc) is 3.53. The minimum atomic E-state index is -0.401. The summed E-state index contributed by atoms with van der Waals surface area (Å²) in [4.78, 5) is 36.5. The van der Waals surface area contributed by atoms with E-state index < -0.39 is 5.82 Å². The number of para-hydroxylation sites is 1. The Kier molecular flexibility index (Phi) is 7.03. The summed E-state index contributed by atoms with van der Waals surface area (Å²) in [5, 5.41) is 6.40. The van der Waals surface area contributed by atoms with Gasteiger partial charge in [-0.05, 0) is 37.6 Å². The van der Waals surface area contributed by atoms with E-state index in [1.165, 1.54) is 32.0 Å². The molecule has 5 aromatic rings. The molecule has 2 aromatic carbocycles. The molecular weight excluding hydrogens is 527 g/mol. The molecule has 0 saturated carbocycles. The van der Waals surface area contributed by atoms with Crippen LogP contribution in [0.5, 0.6) is 0 Å². The molecule has 3 aromatic heterocycles. The minimum absolute atomic E-state index is 0.00670. The van der Waals surface area contributed by atoms with E-state index in [0.29, 0.717) is 52.1 Å². The number of thiazole rings is 1. The largest absolute Gasteiger partial charge is 0.340 e. The lowest BCUT2D eigenvalue weighted by Gasteiger charge is -2.34. The van der Waals surface area contributed by atoms with Gasteiger partial charge in [0.2, 0.25) is 5.91 Å². The van der Waals surface area contributed by atoms with Gasteiger partial charge in [-0.2, -0.15) is 5.10 Å². The van der Waals surface area contributed by atoms with Gasteiger partial charge in [0.1, 0.15) is 17.2 Å². The highest BCUT2D eigenvalue weighted by atomic mass is 32.1. The number of carbonyl (C=O) groups is 1. The molecule has 0 N–H and O–H groups in total. The average molecular weight is 557 g/mol. The van der Waals surface area contributed by atoms with Crippen LogP contribution in [0.15, 0.2) is 70.8 Å². The van der Waals surface area contributed by atoms with Gasteiger partial charge in [-0.25, -0.2) is 14.1 Å². The molecule has 0 radical (unpaired) electrons. The monoisotopic (exact) mass is 556 g/mol. The fourth-order valence-corrected chi connectivity index (χ4v) is 6.18. The number of piperazine rings is 1. The number of amides is 1. The molecule has 0 aliphatic carbocycles. The lowest BCUT2D eigenvalue weighted by Crippen LogP contribution is -2.48. The lowest BCUT2D eigenvalue weighted by molar-refractivity contribution is -0.132. The number of hydrogen-bond acceptors (Lipinski definition) is 6. The highest BCUT2D eigenvalue weighted by Gasteiger charge is 2.24. The van der Waals surface area contributed by atoms with Gasteiger partial charge in [-0.3, -0.25) is 18.9 Å². The molecule has 1 aliphatic rings. The highest BCUT2D eigenvalue weighted by molar-refractivity contribution is 7.15. The van der Waals surface area contributed by atoms with Crippen LogP contribution in [-0.2, 0) is 17.8 Å². The molecule has 0 atom stereocenters. The number of hydrogen-bond donors (Lipinski definition) is 0. The third-order valence-corrected chi connectivity index (χ3v) is 8.23. The van der Waals surface area contributed by atoms with Gasteiger partial charge < -0.3 is 4.90 Å². The van der Waals surface area contributed by atoms with Crippen molar-refractivity contribution in [1.29, 1.82) is 0 Å². The van der Waals surface area contributed by atoms with E-state index in [1.54, 1.807) is 31.2 Å². The van der Waals surface area contributed by atoms with Crippen molar-refractivity contribution in [1.82, 2.24) is 29.0 Å². The molecule has 204 valence electrons. The Labute approximate surface area is 234 Å². The maximum atomic E-state index is 14.5. The number of halogens is 1. The van der Waals surface area contributed by atoms with E-state index in [0.717, 1.165) is 19.6 Å². The van der Waals surface area contributed by atoms with Crippen molar-refractivity contribution in [2.45, 2.75) is 26.8 Å². The van der Waals surface area contributed by atoms with Crippen LogP contribution in [0.1, 0.15) is 22.6 Å². The van der Waals surface area contributed by atoms with E-state index in [9.17, 15) is 14.0 Å². The van der Waals surface area contributed by atoms with Gasteiger partial charge in [0, 0.05) is 49.5 Å². The van der Waals surface area contributed by atoms with Crippen molar-refractivity contribution in [3.63, 3.8) is 0 Å². The van der Waals surface area contributed by atoms with E-state index >= 15 is 0 Å². The van der Waals surface area contributed by atoms with Gasteiger partial charge in [-0.1, -0.05) is 42.5 Å². The number of nitrogens with zero attached hydrogens (tertiary/aromatic N) is 6. The van der Waals surface area contributed by atoms with Crippen molar-refractivity contribution in [2.75, 3.05) is 26.2 Å². The molecule has 1 fully saturated rings. The van der Waals surface area contributed by atoms with Crippen LogP contribution in [0.2, 0.25) is 0 Å². The van der Waals surface area contributed by atoms with Crippen LogP contribution >= 0.6 is 11.3 Å². The van der Waals surface area contributed by atoms with E-state index in [-0.39, 0.29) is 17.9 Å². The Morgan fingerprint density at radius 3 is 2.48 bits per heavy atom. The predicted molar refractivity (Wildman–Crippen MR) is 153 cm³/mol. The van der Waals surface area contributed by atoms with Crippen LogP contribution in [0.25, 0.3) is 21.9 Å². The molecule has 8 nitrogen and oxygen atoms in total. The molecule has 0 unspecified atom stereocenters. The summed E-state index contributed by atoms with van der Waals surface area (Å²) in [6.07, 6.45) is 0.117. The Bertz CT molecular complexity index is 1750. The first-order valence-electron chi connectivity index (χ1n) is 13.2. The van der Waals surface area contributed by atoms with Crippen molar-refractivity contribution in [3.8, 4) is 16.9 Å². The topological polar surface area (TPSA) is 75.7 Å². The molecular formula is C30H29FN6O2S. The predicted octanol–water partition coefficient (Wildman–Crippen LogP) is 4.25. The number of rotatable bonds is 6. The second-order valence-corrected chi connectivity index (χ2v) is 10.9. The zero-order chi connectivity index (χ0) is 27.8. The molecule has 10 heteroatoms. The second kappa shape index (κ2) is 10.8. The lowest BCUT2D eigenvalue weighted by atomic mass is 10.1. The molecule has 1 saturated heterocycles. The summed E-state index contributed by atoms with van der Waals surface area (Å²) < 4.78 is 17.5. The maximum Gasteiger partial charge on any atom is 0.268 e. The number of benzene rings is 2. The quantitative estimate of drug-likeness (QED) is 0.313. The smallest absolute Gasteiger partial charge is 0.268 e. The van der Waals surface area contributed by atoms with Gasteiger partial charge in [0.25, 0.3) is 5.56 Å². The number of aromatic nitrogens is 4. The summed E-state index contributed by atoms with van der Waals surface area (Å²) in [5.41, 5.74) is 3.90. The zero-order valence-corrected chi connectivity index (χ0v) is 23.2. The fraction of sp³-hybridized carbons (Fsp3) is 0.267. The van der Waals surface area contributed by atoms with E-state index in [2.05, 4.69) is 27.1 Å². The van der Waals surface area contributed by atoms with Crippen molar-refractivity contribution < 1.29 is 9.18 Å². The van der Waals surface area contributed by atoms with Crippen molar-refractivity contribution in [2.24, 2.45) is 0 Å².